The minimum atomic E-state index is -0.459. The number of rotatable bonds is 3. The van der Waals surface area contributed by atoms with Gasteiger partial charge >= 0.3 is 0 Å². The van der Waals surface area contributed by atoms with E-state index in [2.05, 4.69) is 33.9 Å². The number of aliphatic hydroxyl groups is 1. The van der Waals surface area contributed by atoms with Gasteiger partial charge in [0, 0.05) is 42.0 Å². The molecular weight excluding hydrogens is 294 g/mol. The van der Waals surface area contributed by atoms with E-state index in [1.165, 1.54) is 0 Å². The Morgan fingerprint density at radius 3 is 2.67 bits per heavy atom. The lowest BCUT2D eigenvalue weighted by molar-refractivity contribution is 0.0853. The standard InChI is InChI=1S/C14H20BrNO2/c1-10(17)13-9-11(15)3-4-14(13)16(2)12-5-7-18-8-6-12/h3-4,9-10,12,17H,5-8H2,1-2H3. The molecule has 1 N–H and O–H groups in total. The third kappa shape index (κ3) is 3.05. The fourth-order valence-corrected chi connectivity index (χ4v) is 2.83. The van der Waals surface area contributed by atoms with E-state index in [-0.39, 0.29) is 0 Å². The van der Waals surface area contributed by atoms with Crippen LogP contribution in [0.25, 0.3) is 0 Å². The molecule has 4 heteroatoms. The van der Waals surface area contributed by atoms with Gasteiger partial charge in [0.15, 0.2) is 0 Å². The number of benzene rings is 1. The van der Waals surface area contributed by atoms with Gasteiger partial charge in [0.25, 0.3) is 0 Å². The van der Waals surface area contributed by atoms with Gasteiger partial charge in [-0.15, -0.1) is 0 Å². The second kappa shape index (κ2) is 6.04. The van der Waals surface area contributed by atoms with Crippen molar-refractivity contribution in [2.75, 3.05) is 25.2 Å². The maximum Gasteiger partial charge on any atom is 0.0782 e. The first-order valence-corrected chi connectivity index (χ1v) is 7.17. The summed E-state index contributed by atoms with van der Waals surface area (Å²) in [5.74, 6) is 0. The highest BCUT2D eigenvalue weighted by Gasteiger charge is 2.21. The van der Waals surface area contributed by atoms with E-state index < -0.39 is 6.10 Å². The minimum Gasteiger partial charge on any atom is -0.389 e. The Kier molecular flexibility index (Phi) is 4.65. The molecule has 1 unspecified atom stereocenters. The number of hydrogen-bond acceptors (Lipinski definition) is 3. The van der Waals surface area contributed by atoms with Crippen LogP contribution in [0, 0.1) is 0 Å². The van der Waals surface area contributed by atoms with Crippen LogP contribution in [0.2, 0.25) is 0 Å². The van der Waals surface area contributed by atoms with Crippen LogP contribution >= 0.6 is 15.9 Å². The van der Waals surface area contributed by atoms with Crippen LogP contribution in [0.15, 0.2) is 22.7 Å². The van der Waals surface area contributed by atoms with E-state index in [1.807, 2.05) is 19.1 Å². The Balaban J connectivity index is 2.25. The van der Waals surface area contributed by atoms with Gasteiger partial charge in [-0.05, 0) is 38.0 Å². The Morgan fingerprint density at radius 1 is 1.39 bits per heavy atom. The molecule has 0 bridgehead atoms. The van der Waals surface area contributed by atoms with E-state index >= 15 is 0 Å². The largest absolute Gasteiger partial charge is 0.389 e. The topological polar surface area (TPSA) is 32.7 Å². The average molecular weight is 314 g/mol. The van der Waals surface area contributed by atoms with Crippen LogP contribution in [0.5, 0.6) is 0 Å². The summed E-state index contributed by atoms with van der Waals surface area (Å²) in [7, 11) is 2.10. The molecule has 0 amide bonds. The van der Waals surface area contributed by atoms with Crippen LogP contribution in [0.4, 0.5) is 5.69 Å². The molecule has 0 spiro atoms. The lowest BCUT2D eigenvalue weighted by Crippen LogP contribution is -2.37. The van der Waals surface area contributed by atoms with Crippen molar-refractivity contribution in [2.24, 2.45) is 0 Å². The van der Waals surface area contributed by atoms with Gasteiger partial charge in [0.1, 0.15) is 0 Å². The minimum absolute atomic E-state index is 0.459. The van der Waals surface area contributed by atoms with Crippen molar-refractivity contribution >= 4 is 21.6 Å². The zero-order chi connectivity index (χ0) is 13.1. The molecular formula is C14H20BrNO2. The van der Waals surface area contributed by atoms with E-state index in [1.54, 1.807) is 0 Å². The van der Waals surface area contributed by atoms with Gasteiger partial charge in [0.05, 0.1) is 6.10 Å². The summed E-state index contributed by atoms with van der Waals surface area (Å²) in [5.41, 5.74) is 2.08. The predicted octanol–water partition coefficient (Wildman–Crippen LogP) is 3.12. The van der Waals surface area contributed by atoms with Gasteiger partial charge in [-0.3, -0.25) is 0 Å². The molecule has 1 fully saturated rings. The first-order chi connectivity index (χ1) is 8.59. The third-order valence-corrected chi connectivity index (χ3v) is 4.05. The molecule has 1 aliphatic heterocycles. The summed E-state index contributed by atoms with van der Waals surface area (Å²) < 4.78 is 6.40. The number of halogens is 1. The van der Waals surface area contributed by atoms with Gasteiger partial charge in [-0.25, -0.2) is 0 Å². The molecule has 0 radical (unpaired) electrons. The smallest absolute Gasteiger partial charge is 0.0782 e. The van der Waals surface area contributed by atoms with Crippen LogP contribution < -0.4 is 4.90 Å². The molecule has 1 aromatic rings. The van der Waals surface area contributed by atoms with Crippen molar-refractivity contribution in [3.05, 3.63) is 28.2 Å². The van der Waals surface area contributed by atoms with Crippen LogP contribution in [0.3, 0.4) is 0 Å². The van der Waals surface area contributed by atoms with Crippen molar-refractivity contribution < 1.29 is 9.84 Å². The van der Waals surface area contributed by atoms with Gasteiger partial charge < -0.3 is 14.7 Å². The van der Waals surface area contributed by atoms with Gasteiger partial charge in [-0.1, -0.05) is 15.9 Å². The van der Waals surface area contributed by atoms with Crippen molar-refractivity contribution in [3.63, 3.8) is 0 Å². The highest BCUT2D eigenvalue weighted by atomic mass is 79.9. The predicted molar refractivity (Wildman–Crippen MR) is 77.0 cm³/mol. The van der Waals surface area contributed by atoms with Crippen LogP contribution in [0.1, 0.15) is 31.4 Å². The molecule has 1 aromatic carbocycles. The third-order valence-electron chi connectivity index (χ3n) is 3.56. The molecule has 0 saturated carbocycles. The number of nitrogens with zero attached hydrogens (tertiary/aromatic N) is 1. The normalized spacial score (nSPS) is 18.7. The lowest BCUT2D eigenvalue weighted by Gasteiger charge is -2.34. The summed E-state index contributed by atoms with van der Waals surface area (Å²) in [4.78, 5) is 2.27. The fraction of sp³-hybridized carbons (Fsp3) is 0.571. The van der Waals surface area contributed by atoms with E-state index in [0.717, 1.165) is 41.8 Å². The van der Waals surface area contributed by atoms with Gasteiger partial charge in [0.2, 0.25) is 0 Å². The second-order valence-electron chi connectivity index (χ2n) is 4.83. The van der Waals surface area contributed by atoms with E-state index in [9.17, 15) is 5.11 Å². The van der Waals surface area contributed by atoms with Crippen molar-refractivity contribution in [1.29, 1.82) is 0 Å². The molecule has 1 heterocycles. The zero-order valence-electron chi connectivity index (χ0n) is 10.9. The Labute approximate surface area is 117 Å². The molecule has 100 valence electrons. The van der Waals surface area contributed by atoms with Crippen LogP contribution in [-0.4, -0.2) is 31.4 Å². The number of anilines is 1. The quantitative estimate of drug-likeness (QED) is 0.930. The van der Waals surface area contributed by atoms with Gasteiger partial charge in [-0.2, -0.15) is 0 Å². The fourth-order valence-electron chi connectivity index (χ4n) is 2.45. The lowest BCUT2D eigenvalue weighted by atomic mass is 10.0. The first kappa shape index (κ1) is 13.8. The van der Waals surface area contributed by atoms with Crippen molar-refractivity contribution in [3.8, 4) is 0 Å². The molecule has 18 heavy (non-hydrogen) atoms. The van der Waals surface area contributed by atoms with Crippen molar-refractivity contribution in [2.45, 2.75) is 31.9 Å². The average Bonchev–Trinajstić information content (AvgIpc) is 2.39. The Hall–Kier alpha value is -0.580. The number of hydrogen-bond donors (Lipinski definition) is 1. The molecule has 2 rings (SSSR count). The van der Waals surface area contributed by atoms with Crippen LogP contribution in [-0.2, 0) is 4.74 Å². The summed E-state index contributed by atoms with van der Waals surface area (Å²) in [5, 5.41) is 9.90. The molecule has 1 saturated heterocycles. The summed E-state index contributed by atoms with van der Waals surface area (Å²) in [6.45, 7) is 3.47. The highest BCUT2D eigenvalue weighted by Crippen LogP contribution is 2.31. The van der Waals surface area contributed by atoms with E-state index in [0.29, 0.717) is 6.04 Å². The van der Waals surface area contributed by atoms with E-state index in [4.69, 9.17) is 4.74 Å². The molecule has 3 nitrogen and oxygen atoms in total. The van der Waals surface area contributed by atoms with Crippen molar-refractivity contribution in [1.82, 2.24) is 0 Å². The molecule has 0 aliphatic carbocycles. The summed E-state index contributed by atoms with van der Waals surface area (Å²) in [6.07, 6.45) is 1.64. The Morgan fingerprint density at radius 2 is 2.06 bits per heavy atom. The SMILES string of the molecule is CC(O)c1cc(Br)ccc1N(C)C1CCOCC1. The second-order valence-corrected chi connectivity index (χ2v) is 5.75. The zero-order valence-corrected chi connectivity index (χ0v) is 12.5. The molecule has 1 aliphatic rings. The maximum atomic E-state index is 9.90. The highest BCUT2D eigenvalue weighted by molar-refractivity contribution is 9.10. The summed E-state index contributed by atoms with van der Waals surface area (Å²) in [6, 6.07) is 6.59. The molecule has 1 atom stereocenters. The monoisotopic (exact) mass is 313 g/mol. The molecule has 0 aromatic heterocycles. The Bertz CT molecular complexity index is 403. The number of aliphatic hydroxyl groups excluding tert-OH is 1. The number of ether oxygens (including phenoxy) is 1. The first-order valence-electron chi connectivity index (χ1n) is 6.37. The maximum absolute atomic E-state index is 9.90. The summed E-state index contributed by atoms with van der Waals surface area (Å²) >= 11 is 3.46.